The molecule has 1 fully saturated rings. The van der Waals surface area contributed by atoms with E-state index in [4.69, 9.17) is 19.5 Å². The number of imidazole rings is 1. The highest BCUT2D eigenvalue weighted by Crippen LogP contribution is 2.61. The summed E-state index contributed by atoms with van der Waals surface area (Å²) in [5.74, 6) is -1.59. The molecule has 11 N–H and O–H groups in total. The number of aliphatic hydroxyl groups excluding tert-OH is 3. The van der Waals surface area contributed by atoms with Crippen molar-refractivity contribution in [2.45, 2.75) is 70.9 Å². The topological polar surface area (TPSA) is 384 Å². The lowest BCUT2D eigenvalue weighted by Gasteiger charge is -2.30. The van der Waals surface area contributed by atoms with Crippen LogP contribution in [0.4, 0.5) is 5.82 Å². The third-order valence-electron chi connectivity index (χ3n) is 7.62. The first-order chi connectivity index (χ1) is 25.3. The van der Waals surface area contributed by atoms with Crippen LogP contribution in [0.5, 0.6) is 0 Å². The molecular formula is C26H44N7O18P3S. The highest BCUT2D eigenvalue weighted by Gasteiger charge is 2.50. The molecule has 1 saturated heterocycles. The number of fused-ring (bicyclic) bond motifs is 1. The molecule has 2 aromatic rings. The monoisotopic (exact) mass is 867 g/mol. The number of thioether (sulfide) groups is 1. The fourth-order valence-corrected chi connectivity index (χ4v) is 8.32. The summed E-state index contributed by atoms with van der Waals surface area (Å²) in [6, 6.07) is 0. The van der Waals surface area contributed by atoms with E-state index in [0.29, 0.717) is 0 Å². The first kappa shape index (κ1) is 46.9. The van der Waals surface area contributed by atoms with E-state index in [-0.39, 0.29) is 48.2 Å². The van der Waals surface area contributed by atoms with Crippen LogP contribution in [0.15, 0.2) is 12.7 Å². The van der Waals surface area contributed by atoms with Crippen LogP contribution in [0.2, 0.25) is 0 Å². The number of phosphoric ester groups is 3. The summed E-state index contributed by atoms with van der Waals surface area (Å²) in [4.78, 5) is 87.2. The van der Waals surface area contributed by atoms with Crippen LogP contribution in [0.1, 0.15) is 40.3 Å². The number of aliphatic hydroxyl groups is 3. The number of amides is 2. The van der Waals surface area contributed by atoms with Crippen LogP contribution in [-0.4, -0.2) is 134 Å². The van der Waals surface area contributed by atoms with E-state index in [9.17, 15) is 63.0 Å². The van der Waals surface area contributed by atoms with Crippen molar-refractivity contribution >= 4 is 69.1 Å². The predicted octanol–water partition coefficient (Wildman–Crippen LogP) is -1.32. The van der Waals surface area contributed by atoms with Crippen molar-refractivity contribution in [2.24, 2.45) is 11.3 Å². The van der Waals surface area contributed by atoms with E-state index in [0.717, 1.165) is 29.0 Å². The van der Waals surface area contributed by atoms with E-state index in [1.807, 2.05) is 0 Å². The van der Waals surface area contributed by atoms with Gasteiger partial charge in [0, 0.05) is 30.7 Å². The van der Waals surface area contributed by atoms with Crippen molar-refractivity contribution < 1.29 is 85.6 Å². The Labute approximate surface area is 317 Å². The number of ether oxygens (including phenoxy) is 1. The molecule has 0 spiro atoms. The largest absolute Gasteiger partial charge is 0.481 e. The normalized spacial score (nSPS) is 22.5. The van der Waals surface area contributed by atoms with Gasteiger partial charge in [0.25, 0.3) is 0 Å². The quantitative estimate of drug-likeness (QED) is 0.0514. The lowest BCUT2D eigenvalue weighted by molar-refractivity contribution is -0.137. The van der Waals surface area contributed by atoms with Crippen molar-refractivity contribution in [1.82, 2.24) is 30.2 Å². The van der Waals surface area contributed by atoms with E-state index in [1.54, 1.807) is 13.8 Å². The third kappa shape index (κ3) is 13.8. The minimum absolute atomic E-state index is 0.0252. The average molecular weight is 868 g/mol. The molecule has 0 bridgehead atoms. The summed E-state index contributed by atoms with van der Waals surface area (Å²) in [6.45, 7) is 3.68. The van der Waals surface area contributed by atoms with Gasteiger partial charge in [0.05, 0.1) is 19.5 Å². The van der Waals surface area contributed by atoms with Gasteiger partial charge in [0.15, 0.2) is 17.7 Å². The van der Waals surface area contributed by atoms with Gasteiger partial charge < -0.3 is 56.0 Å². The average Bonchev–Trinajstić information content (AvgIpc) is 3.64. The number of nitrogens with zero attached hydrogens (tertiary/aromatic N) is 4. The molecule has 3 heterocycles. The van der Waals surface area contributed by atoms with Crippen molar-refractivity contribution in [3.05, 3.63) is 12.7 Å². The number of nitrogen functional groups attached to an aromatic ring is 1. The number of nitrogens with two attached hydrogens (primary N) is 1. The minimum atomic E-state index is -5.58. The van der Waals surface area contributed by atoms with Gasteiger partial charge in [-0.3, -0.25) is 32.5 Å². The maximum Gasteiger partial charge on any atom is 0.481 e. The number of rotatable bonds is 21. The summed E-state index contributed by atoms with van der Waals surface area (Å²) < 4.78 is 62.0. The second-order valence-electron chi connectivity index (χ2n) is 12.9. The van der Waals surface area contributed by atoms with Gasteiger partial charge in [-0.05, 0) is 5.92 Å². The highest BCUT2D eigenvalue weighted by atomic mass is 32.2. The molecule has 0 saturated carbocycles. The Morgan fingerprint density at radius 3 is 2.33 bits per heavy atom. The minimum Gasteiger partial charge on any atom is -0.386 e. The van der Waals surface area contributed by atoms with Crippen molar-refractivity contribution in [2.75, 3.05) is 37.8 Å². The fraction of sp³-hybridized carbons (Fsp3) is 0.692. The van der Waals surface area contributed by atoms with E-state index in [2.05, 4.69) is 34.4 Å². The van der Waals surface area contributed by atoms with Crippen molar-refractivity contribution in [3.8, 4) is 0 Å². The molecule has 55 heavy (non-hydrogen) atoms. The van der Waals surface area contributed by atoms with Crippen molar-refractivity contribution in [1.29, 1.82) is 0 Å². The Balaban J connectivity index is 1.50. The molecule has 25 nitrogen and oxygen atoms in total. The lowest BCUT2D eigenvalue weighted by atomic mass is 9.87. The molecule has 3 rings (SSSR count). The molecule has 2 aromatic heterocycles. The Morgan fingerprint density at radius 2 is 1.69 bits per heavy atom. The molecule has 29 heteroatoms. The Bertz CT molecular complexity index is 1810. The van der Waals surface area contributed by atoms with Gasteiger partial charge in [-0.25, -0.2) is 28.6 Å². The Kier molecular flexibility index (Phi) is 16.5. The molecular weight excluding hydrogens is 823 g/mol. The molecule has 312 valence electrons. The third-order valence-corrected chi connectivity index (χ3v) is 11.7. The Hall–Kier alpha value is -2.48. The first-order valence-electron chi connectivity index (χ1n) is 16.1. The number of aromatic nitrogens is 4. The van der Waals surface area contributed by atoms with Crippen LogP contribution in [0.25, 0.3) is 11.2 Å². The standard InChI is InChI=1S/C26H44N7O18P3S/c1-13(2)17(35)25(39)55-8-7-28-15(34)5-6-29-23(38)20(37)26(3,4)10-48-54(45,46)51-53(43,44)47-9-14-19(50-52(40,41)42)18(36)24(49-14)33-12-32-16-21(27)30-11-31-22(16)33/h11-14,17-20,24,35-37H,5-10H2,1-4H3,(H,28,34)(H,29,38)(H,43,44)(H,45,46)(H2,27,30,31)(H2,40,41,42)/t14?,17-,18?,19?,20?,24?/m1/s1. The lowest BCUT2D eigenvalue weighted by Crippen LogP contribution is -2.46. The van der Waals surface area contributed by atoms with Crippen LogP contribution < -0.4 is 16.4 Å². The number of phosphoric acid groups is 3. The van der Waals surface area contributed by atoms with E-state index in [1.165, 1.54) is 13.8 Å². The summed E-state index contributed by atoms with van der Waals surface area (Å²) in [7, 11) is -16.4. The highest BCUT2D eigenvalue weighted by molar-refractivity contribution is 8.13. The van der Waals surface area contributed by atoms with Crippen LogP contribution in [-0.2, 0) is 50.7 Å². The number of carbonyl (C=O) groups is 3. The Morgan fingerprint density at radius 1 is 1.04 bits per heavy atom. The SMILES string of the molecule is CC(C)[C@@H](O)C(=O)SCCNC(=O)CCNC(=O)C(O)C(C)(C)COP(=O)(O)OP(=O)(O)OCC1OC(n2cnc3c(N)ncnc32)C(O)C1OP(=O)(O)O. The second kappa shape index (κ2) is 19.3. The predicted molar refractivity (Wildman–Crippen MR) is 188 cm³/mol. The fourth-order valence-electron chi connectivity index (χ4n) is 4.64. The molecule has 1 aliphatic heterocycles. The molecule has 1 aliphatic rings. The number of hydrogen-bond acceptors (Lipinski definition) is 19. The van der Waals surface area contributed by atoms with Gasteiger partial charge in [-0.1, -0.05) is 39.5 Å². The summed E-state index contributed by atoms with van der Waals surface area (Å²) >= 11 is 0.857. The van der Waals surface area contributed by atoms with Crippen LogP contribution >= 0.6 is 35.2 Å². The van der Waals surface area contributed by atoms with E-state index < -0.39 is 95.8 Å². The van der Waals surface area contributed by atoms with Crippen LogP contribution in [0, 0.1) is 11.3 Å². The summed E-state index contributed by atoms with van der Waals surface area (Å²) in [6.07, 6.45) is -8.14. The number of nitrogens with one attached hydrogen (secondary N) is 2. The number of anilines is 1. The van der Waals surface area contributed by atoms with Crippen LogP contribution in [0.3, 0.4) is 0 Å². The molecule has 8 atom stereocenters. The molecule has 0 radical (unpaired) electrons. The zero-order chi connectivity index (χ0) is 41.5. The van der Waals surface area contributed by atoms with Gasteiger partial charge in [0.1, 0.15) is 42.4 Å². The maximum absolute atomic E-state index is 12.7. The first-order valence-corrected chi connectivity index (χ1v) is 21.6. The van der Waals surface area contributed by atoms with Gasteiger partial charge in [-0.15, -0.1) is 0 Å². The van der Waals surface area contributed by atoms with Gasteiger partial charge in [-0.2, -0.15) is 4.31 Å². The van der Waals surface area contributed by atoms with Gasteiger partial charge in [0.2, 0.25) is 16.9 Å². The number of carbonyl (C=O) groups excluding carboxylic acids is 3. The summed E-state index contributed by atoms with van der Waals surface area (Å²) in [5.41, 5.74) is 4.23. The molecule has 7 unspecified atom stereocenters. The van der Waals surface area contributed by atoms with Gasteiger partial charge >= 0.3 is 23.5 Å². The zero-order valence-corrected chi connectivity index (χ0v) is 33.2. The smallest absolute Gasteiger partial charge is 0.386 e. The number of hydrogen-bond donors (Lipinski definition) is 10. The zero-order valence-electron chi connectivity index (χ0n) is 29.7. The molecule has 0 aliphatic carbocycles. The van der Waals surface area contributed by atoms with Crippen molar-refractivity contribution in [3.63, 3.8) is 0 Å². The summed E-state index contributed by atoms with van der Waals surface area (Å²) in [5, 5.41) is 35.5. The molecule has 2 amide bonds. The second-order valence-corrected chi connectivity index (χ2v) is 18.3. The van der Waals surface area contributed by atoms with E-state index >= 15 is 0 Å². The maximum atomic E-state index is 12.7. The molecule has 0 aromatic carbocycles.